The minimum Gasteiger partial charge on any atom is -0.394 e. The van der Waals surface area contributed by atoms with E-state index in [9.17, 15) is 86.8 Å². The Hall–Kier alpha value is -1.16. The molecule has 0 aromatic heterocycles. The van der Waals surface area contributed by atoms with Crippen molar-refractivity contribution in [3.63, 3.8) is 0 Å². The van der Waals surface area contributed by atoms with Crippen LogP contribution in [0, 0.1) is 52.3 Å². The van der Waals surface area contributed by atoms with E-state index in [-0.39, 0.29) is 52.4 Å². The number of aliphatic hydroxyl groups is 17. The van der Waals surface area contributed by atoms with Crippen molar-refractivity contribution in [3.05, 3.63) is 0 Å². The molecule has 490 valence electrons. The Labute approximate surface area is 491 Å². The van der Waals surface area contributed by atoms with Crippen LogP contribution < -0.4 is 0 Å². The standard InChI is InChI=1S/C56H92O29/c1-19-7-10-56(75-17-19)20(2)31-45(85-56)37(67)32-22-6-5-21-11-26(24(61)12-55(21,4)23(22)8-9-54(31,32)3)76-50-42(72)39(69)44(30(16-60)80-50)81-53-48(47(36(66)29(15-59)79-53)83-49-40(70)33(63)25(62)18-74-49)84-52-43(73)46(35(65)28(14-58)78-52)82-51-41(71)38(68)34(64)27(13-57)77-51/h19-53,57-73H,5-18H2,1-4H3/t19-,20+,21-,22+,23-,24+,25+,26-,27-,28-,29-,30+,31-,32+,33-,34+,35+,36+,37-,38+,39-,40-,41+,42+,43+,44+,45+,46-,47+,48+,49+,50-,51-,52-,53-,54+,55-,56-/m1/s1. The highest BCUT2D eigenvalue weighted by Gasteiger charge is 2.73. The topological polar surface area (TPSA) is 455 Å². The molecule has 0 amide bonds. The van der Waals surface area contributed by atoms with Crippen molar-refractivity contribution in [3.8, 4) is 0 Å². The number of fused-ring (bicyclic) bond motifs is 7. The highest BCUT2D eigenvalue weighted by molar-refractivity contribution is 5.19. The molecule has 7 saturated heterocycles. The maximum absolute atomic E-state index is 12.3. The maximum Gasteiger partial charge on any atom is 0.187 e. The number of ether oxygens (including phenoxy) is 12. The van der Waals surface area contributed by atoms with E-state index in [2.05, 4.69) is 27.7 Å². The van der Waals surface area contributed by atoms with E-state index in [1.165, 1.54) is 0 Å². The Bertz CT molecular complexity index is 2220. The summed E-state index contributed by atoms with van der Waals surface area (Å²) in [6.45, 7) is 5.21. The molecule has 38 atom stereocenters. The summed E-state index contributed by atoms with van der Waals surface area (Å²) in [4.78, 5) is 0. The van der Waals surface area contributed by atoms with Gasteiger partial charge < -0.3 is 144 Å². The fraction of sp³-hybridized carbons (Fsp3) is 1.00. The fourth-order valence-electron chi connectivity index (χ4n) is 17.4. The van der Waals surface area contributed by atoms with Gasteiger partial charge in [0.25, 0.3) is 0 Å². The third-order valence-corrected chi connectivity index (χ3v) is 22.2. The van der Waals surface area contributed by atoms with E-state index in [1.807, 2.05) is 0 Å². The largest absolute Gasteiger partial charge is 0.394 e. The molecule has 29 heteroatoms. The van der Waals surface area contributed by atoms with Gasteiger partial charge in [-0.05, 0) is 85.4 Å². The summed E-state index contributed by atoms with van der Waals surface area (Å²) >= 11 is 0. The second-order valence-electron chi connectivity index (χ2n) is 26.9. The van der Waals surface area contributed by atoms with Crippen LogP contribution in [0.4, 0.5) is 0 Å². The van der Waals surface area contributed by atoms with Crippen LogP contribution in [0.2, 0.25) is 0 Å². The lowest BCUT2D eigenvalue weighted by molar-refractivity contribution is -0.410. The lowest BCUT2D eigenvalue weighted by Crippen LogP contribution is -2.69. The lowest BCUT2D eigenvalue weighted by Gasteiger charge is -2.62. The second-order valence-corrected chi connectivity index (χ2v) is 26.9. The van der Waals surface area contributed by atoms with E-state index in [1.54, 1.807) is 0 Å². The first-order valence-corrected chi connectivity index (χ1v) is 30.5. The van der Waals surface area contributed by atoms with Crippen molar-refractivity contribution < 1.29 is 144 Å². The van der Waals surface area contributed by atoms with Crippen LogP contribution in [-0.2, 0) is 56.8 Å². The molecule has 4 aliphatic carbocycles. The van der Waals surface area contributed by atoms with E-state index in [0.717, 1.165) is 38.5 Å². The highest BCUT2D eigenvalue weighted by Crippen LogP contribution is 2.71. The zero-order valence-corrected chi connectivity index (χ0v) is 48.1. The van der Waals surface area contributed by atoms with Gasteiger partial charge in [0.05, 0.1) is 64.1 Å². The van der Waals surface area contributed by atoms with Crippen molar-refractivity contribution in [2.75, 3.05) is 39.6 Å². The van der Waals surface area contributed by atoms with E-state index in [0.29, 0.717) is 25.4 Å². The van der Waals surface area contributed by atoms with Gasteiger partial charge in [0.1, 0.15) is 116 Å². The summed E-state index contributed by atoms with van der Waals surface area (Å²) in [5.74, 6) is 0.388. The van der Waals surface area contributed by atoms with Crippen LogP contribution in [0.1, 0.15) is 79.1 Å². The van der Waals surface area contributed by atoms with Crippen LogP contribution in [0.15, 0.2) is 0 Å². The van der Waals surface area contributed by atoms with Crippen molar-refractivity contribution in [1.82, 2.24) is 0 Å². The number of hydrogen-bond acceptors (Lipinski definition) is 29. The smallest absolute Gasteiger partial charge is 0.187 e. The SMILES string of the molecule is C[C@@H]1CC[C@@]2(OC1)O[C@@H]1[C@H](O)[C@@H]3[C@H]4CC[C@@H]5C[C@@H](O[C@@H]6O[C@@H](CO)[C@H](O[C@H]7O[C@H](CO)[C@H](O)[C@H](O[C@@H]8OC[C@H](O)[C@@H](O)[C@H]8O)[C@@H]7O[C@H]7O[C@H](CO)[C@H](O)[C@@H](O[C@H]8O[C@H](CO)[C@H](O)[C@H](O)[C@@H]8O)[C@@H]7O)[C@H](O)[C@@H]6O)[C@@H](O)C[C@@]5(C)[C@@H]4CC[C@@]3(C)[C@@H]1[C@@H]2C. The molecule has 0 radical (unpaired) electrons. The number of hydrogen-bond donors (Lipinski definition) is 17. The van der Waals surface area contributed by atoms with Crippen LogP contribution in [0.25, 0.3) is 0 Å². The van der Waals surface area contributed by atoms with Gasteiger partial charge in [-0.15, -0.1) is 0 Å². The van der Waals surface area contributed by atoms with Crippen LogP contribution in [-0.4, -0.2) is 304 Å². The molecule has 11 rings (SSSR count). The molecule has 4 saturated carbocycles. The Morgan fingerprint density at radius 2 is 1.01 bits per heavy atom. The average molecular weight is 1230 g/mol. The minimum absolute atomic E-state index is 0.00749. The third kappa shape index (κ3) is 11.3. The van der Waals surface area contributed by atoms with Crippen molar-refractivity contribution in [2.24, 2.45) is 52.3 Å². The van der Waals surface area contributed by atoms with Crippen LogP contribution in [0.3, 0.4) is 0 Å². The van der Waals surface area contributed by atoms with Gasteiger partial charge in [-0.1, -0.05) is 27.7 Å². The maximum atomic E-state index is 12.3. The van der Waals surface area contributed by atoms with Crippen molar-refractivity contribution in [1.29, 1.82) is 0 Å². The zero-order valence-electron chi connectivity index (χ0n) is 48.1. The molecule has 85 heavy (non-hydrogen) atoms. The van der Waals surface area contributed by atoms with Crippen LogP contribution in [0.5, 0.6) is 0 Å². The highest BCUT2D eigenvalue weighted by atomic mass is 16.8. The Morgan fingerprint density at radius 3 is 1.67 bits per heavy atom. The Kier molecular flexibility index (Phi) is 19.5. The molecule has 29 nitrogen and oxygen atoms in total. The molecular formula is C56H92O29. The summed E-state index contributed by atoms with van der Waals surface area (Å²) in [6.07, 6.45) is -42.5. The third-order valence-electron chi connectivity index (χ3n) is 22.2. The minimum atomic E-state index is -2.21. The average Bonchev–Trinajstić information content (AvgIpc) is 1.59. The van der Waals surface area contributed by atoms with Gasteiger partial charge in [0.15, 0.2) is 37.2 Å². The zero-order chi connectivity index (χ0) is 61.1. The predicted molar refractivity (Wildman–Crippen MR) is 278 cm³/mol. The first-order chi connectivity index (χ1) is 40.3. The van der Waals surface area contributed by atoms with Crippen molar-refractivity contribution in [2.45, 2.75) is 257 Å². The summed E-state index contributed by atoms with van der Waals surface area (Å²) in [5, 5.41) is 188. The molecule has 11 fully saturated rings. The van der Waals surface area contributed by atoms with E-state index < -0.39 is 205 Å². The van der Waals surface area contributed by atoms with Gasteiger partial charge in [0.2, 0.25) is 0 Å². The summed E-state index contributed by atoms with van der Waals surface area (Å²) in [5.41, 5.74) is -0.531. The van der Waals surface area contributed by atoms with Crippen molar-refractivity contribution >= 4 is 0 Å². The predicted octanol–water partition coefficient (Wildman–Crippen LogP) is -6.50. The van der Waals surface area contributed by atoms with Gasteiger partial charge in [-0.25, -0.2) is 0 Å². The van der Waals surface area contributed by atoms with Gasteiger partial charge in [-0.2, -0.15) is 0 Å². The van der Waals surface area contributed by atoms with Gasteiger partial charge in [0, 0.05) is 18.3 Å². The van der Waals surface area contributed by atoms with Gasteiger partial charge >= 0.3 is 0 Å². The molecule has 7 aliphatic heterocycles. The van der Waals surface area contributed by atoms with Gasteiger partial charge in [-0.3, -0.25) is 0 Å². The Morgan fingerprint density at radius 1 is 0.447 bits per heavy atom. The molecule has 17 N–H and O–H groups in total. The molecule has 0 unspecified atom stereocenters. The first-order valence-electron chi connectivity index (χ1n) is 30.5. The monoisotopic (exact) mass is 1230 g/mol. The molecular weight excluding hydrogens is 1140 g/mol. The summed E-state index contributed by atoms with van der Waals surface area (Å²) in [7, 11) is 0. The summed E-state index contributed by atoms with van der Waals surface area (Å²) in [6, 6.07) is 0. The Balaban J connectivity index is 0.797. The number of rotatable bonds is 14. The lowest BCUT2D eigenvalue weighted by atomic mass is 9.44. The molecule has 1 spiro atoms. The first kappa shape index (κ1) is 65.3. The molecule has 0 aromatic rings. The van der Waals surface area contributed by atoms with Crippen LogP contribution >= 0.6 is 0 Å². The summed E-state index contributed by atoms with van der Waals surface area (Å²) < 4.78 is 72.8. The fourth-order valence-corrected chi connectivity index (χ4v) is 17.4. The molecule has 11 aliphatic rings. The molecule has 0 aromatic carbocycles. The van der Waals surface area contributed by atoms with E-state index in [4.69, 9.17) is 56.8 Å². The normalized spacial score (nSPS) is 58.1. The second kappa shape index (κ2) is 25.4. The molecule has 7 heterocycles. The number of aliphatic hydroxyl groups excluding tert-OH is 17. The molecule has 0 bridgehead atoms. The van der Waals surface area contributed by atoms with E-state index >= 15 is 0 Å². The quantitative estimate of drug-likeness (QED) is 0.0719.